The van der Waals surface area contributed by atoms with E-state index in [0.717, 1.165) is 43.4 Å². The molecule has 0 aliphatic heterocycles. The van der Waals surface area contributed by atoms with Crippen LogP contribution in [0.2, 0.25) is 0 Å². The zero-order valence-electron chi connectivity index (χ0n) is 16.5. The van der Waals surface area contributed by atoms with Crippen LogP contribution in [-0.4, -0.2) is 35.0 Å². The average molecular weight is 427 g/mol. The lowest BCUT2D eigenvalue weighted by Gasteiger charge is -2.59. The molecular weight excluding hydrogens is 392 g/mol. The molecule has 4 aliphatic carbocycles. The SMILES string of the molecule is CO[C@@H]1CC2[C@@H](CC[C@@H]3C[C@](C)(O)CC[C@H]23)C2CC[C@H](C(=O)CBr)[C@]21C. The van der Waals surface area contributed by atoms with Crippen LogP contribution in [0.3, 0.4) is 0 Å². The average Bonchev–Trinajstić information content (AvgIpc) is 2.97. The van der Waals surface area contributed by atoms with Crippen LogP contribution >= 0.6 is 15.9 Å². The van der Waals surface area contributed by atoms with Gasteiger partial charge in [0, 0.05) is 18.4 Å². The molecule has 4 aliphatic rings. The van der Waals surface area contributed by atoms with Gasteiger partial charge in [-0.25, -0.2) is 0 Å². The van der Waals surface area contributed by atoms with E-state index in [4.69, 9.17) is 4.74 Å². The largest absolute Gasteiger partial charge is 0.390 e. The number of carbonyl (C=O) groups is 1. The van der Waals surface area contributed by atoms with Gasteiger partial charge >= 0.3 is 0 Å². The third kappa shape index (κ3) is 2.85. The lowest BCUT2D eigenvalue weighted by molar-refractivity contribution is -0.164. The number of ketones is 1. The lowest BCUT2D eigenvalue weighted by Crippen LogP contribution is -2.57. The zero-order valence-corrected chi connectivity index (χ0v) is 18.1. The van der Waals surface area contributed by atoms with Crippen molar-refractivity contribution in [2.75, 3.05) is 12.4 Å². The van der Waals surface area contributed by atoms with Crippen molar-refractivity contribution < 1.29 is 14.6 Å². The summed E-state index contributed by atoms with van der Waals surface area (Å²) >= 11 is 3.42. The van der Waals surface area contributed by atoms with Crippen LogP contribution < -0.4 is 0 Å². The smallest absolute Gasteiger partial charge is 0.147 e. The first-order chi connectivity index (χ1) is 12.3. The minimum absolute atomic E-state index is 0.00770. The van der Waals surface area contributed by atoms with Crippen molar-refractivity contribution in [3.8, 4) is 0 Å². The number of methoxy groups -OCH3 is 1. The van der Waals surface area contributed by atoms with Crippen LogP contribution in [0, 0.1) is 40.9 Å². The van der Waals surface area contributed by atoms with Crippen LogP contribution in [0.25, 0.3) is 0 Å². The van der Waals surface area contributed by atoms with Crippen LogP contribution in [0.15, 0.2) is 0 Å². The first-order valence-electron chi connectivity index (χ1n) is 10.7. The van der Waals surface area contributed by atoms with E-state index >= 15 is 0 Å². The first kappa shape index (κ1) is 19.4. The van der Waals surface area contributed by atoms with Gasteiger partial charge in [-0.3, -0.25) is 4.79 Å². The number of alkyl halides is 1. The molecule has 0 aromatic heterocycles. The molecule has 0 amide bonds. The molecule has 4 saturated carbocycles. The highest BCUT2D eigenvalue weighted by Gasteiger charge is 2.62. The van der Waals surface area contributed by atoms with Gasteiger partial charge in [0.15, 0.2) is 0 Å². The van der Waals surface area contributed by atoms with E-state index in [9.17, 15) is 9.90 Å². The fourth-order valence-corrected chi connectivity index (χ4v) is 8.41. The molecule has 3 nitrogen and oxygen atoms in total. The standard InChI is InChI=1S/C22H35BrO3/c1-21(25)9-8-14-13(11-21)4-5-15-16(14)10-20(26-3)22(2)17(15)6-7-18(22)19(24)12-23/h13-18,20,25H,4-12H2,1-3H3/t13-,14+,15-,16?,17?,18-,20-,21-,22+/m1/s1. The normalized spacial score (nSPS) is 53.5. The van der Waals surface area contributed by atoms with Crippen molar-refractivity contribution in [3.63, 3.8) is 0 Å². The summed E-state index contributed by atoms with van der Waals surface area (Å²) in [5.41, 5.74) is -0.452. The van der Waals surface area contributed by atoms with Gasteiger partial charge < -0.3 is 9.84 Å². The van der Waals surface area contributed by atoms with E-state index in [1.807, 2.05) is 14.0 Å². The summed E-state index contributed by atoms with van der Waals surface area (Å²) < 4.78 is 6.09. The number of rotatable bonds is 3. The number of ether oxygens (including phenoxy) is 1. The fraction of sp³-hybridized carbons (Fsp3) is 0.955. The monoisotopic (exact) mass is 426 g/mol. The second kappa shape index (κ2) is 6.84. The molecule has 4 rings (SSSR count). The summed E-state index contributed by atoms with van der Waals surface area (Å²) in [4.78, 5) is 12.7. The molecule has 4 fully saturated rings. The highest BCUT2D eigenvalue weighted by molar-refractivity contribution is 9.09. The Morgan fingerprint density at radius 3 is 2.58 bits per heavy atom. The Bertz CT molecular complexity index is 562. The second-order valence-electron chi connectivity index (χ2n) is 10.2. The maximum atomic E-state index is 12.7. The summed E-state index contributed by atoms with van der Waals surface area (Å²) in [6, 6.07) is 0. The predicted octanol–water partition coefficient (Wildman–Crippen LogP) is 4.60. The Hall–Kier alpha value is 0.0700. The van der Waals surface area contributed by atoms with E-state index in [1.54, 1.807) is 0 Å². The molecule has 1 N–H and O–H groups in total. The quantitative estimate of drug-likeness (QED) is 0.670. The van der Waals surface area contributed by atoms with Gasteiger partial charge in [-0.2, -0.15) is 0 Å². The zero-order chi connectivity index (χ0) is 18.7. The van der Waals surface area contributed by atoms with E-state index < -0.39 is 5.60 Å². The molecule has 0 aromatic carbocycles. The van der Waals surface area contributed by atoms with Crippen molar-refractivity contribution in [1.29, 1.82) is 0 Å². The van der Waals surface area contributed by atoms with Gasteiger partial charge in [-0.15, -0.1) is 0 Å². The number of hydrogen-bond donors (Lipinski definition) is 1. The minimum atomic E-state index is -0.460. The molecule has 0 heterocycles. The second-order valence-corrected chi connectivity index (χ2v) is 10.8. The minimum Gasteiger partial charge on any atom is -0.390 e. The van der Waals surface area contributed by atoms with Crippen molar-refractivity contribution >= 4 is 21.7 Å². The summed E-state index contributed by atoms with van der Waals surface area (Å²) in [6.45, 7) is 4.39. The Labute approximate surface area is 166 Å². The molecule has 0 saturated heterocycles. The number of carbonyl (C=O) groups excluding carboxylic acids is 1. The Kier molecular flexibility index (Phi) is 5.10. The van der Waals surface area contributed by atoms with Crippen molar-refractivity contribution in [2.45, 2.75) is 76.9 Å². The van der Waals surface area contributed by atoms with Gasteiger partial charge in [-0.05, 0) is 87.9 Å². The Morgan fingerprint density at radius 1 is 1.12 bits per heavy atom. The van der Waals surface area contributed by atoms with Crippen molar-refractivity contribution in [2.24, 2.45) is 40.9 Å². The molecule has 2 unspecified atom stereocenters. The van der Waals surface area contributed by atoms with Crippen LogP contribution in [0.1, 0.15) is 65.2 Å². The maximum absolute atomic E-state index is 12.7. The van der Waals surface area contributed by atoms with Crippen LogP contribution in [0.5, 0.6) is 0 Å². The molecule has 9 atom stereocenters. The molecule has 148 valence electrons. The van der Waals surface area contributed by atoms with Gasteiger partial charge in [-0.1, -0.05) is 22.9 Å². The topological polar surface area (TPSA) is 46.5 Å². The summed E-state index contributed by atoms with van der Waals surface area (Å²) in [6.07, 6.45) is 9.19. The number of Topliss-reactive ketones (excluding diaryl/α,β-unsaturated/α-hetero) is 1. The van der Waals surface area contributed by atoms with Crippen molar-refractivity contribution in [3.05, 3.63) is 0 Å². The summed E-state index contributed by atoms with van der Waals surface area (Å²) in [5.74, 6) is 4.07. The number of fused-ring (bicyclic) bond motifs is 5. The number of halogens is 1. The molecule has 26 heavy (non-hydrogen) atoms. The van der Waals surface area contributed by atoms with Gasteiger partial charge in [0.1, 0.15) is 5.78 Å². The fourth-order valence-electron chi connectivity index (χ4n) is 8.02. The van der Waals surface area contributed by atoms with Gasteiger partial charge in [0.25, 0.3) is 0 Å². The predicted molar refractivity (Wildman–Crippen MR) is 106 cm³/mol. The molecule has 0 bridgehead atoms. The summed E-state index contributed by atoms with van der Waals surface area (Å²) in [7, 11) is 1.85. The van der Waals surface area contributed by atoms with E-state index in [1.165, 1.54) is 25.7 Å². The lowest BCUT2D eigenvalue weighted by atomic mass is 9.48. The highest BCUT2D eigenvalue weighted by atomic mass is 79.9. The Morgan fingerprint density at radius 2 is 1.88 bits per heavy atom. The van der Waals surface area contributed by atoms with Gasteiger partial charge in [0.05, 0.1) is 17.0 Å². The summed E-state index contributed by atoms with van der Waals surface area (Å²) in [5, 5.41) is 11.0. The number of hydrogen-bond acceptors (Lipinski definition) is 3. The molecule has 0 spiro atoms. The van der Waals surface area contributed by atoms with E-state index in [0.29, 0.717) is 22.9 Å². The maximum Gasteiger partial charge on any atom is 0.147 e. The molecule has 0 aromatic rings. The molecular formula is C22H35BrO3. The molecule has 4 heteroatoms. The highest BCUT2D eigenvalue weighted by Crippen LogP contribution is 2.65. The Balaban J connectivity index is 1.62. The van der Waals surface area contributed by atoms with Gasteiger partial charge in [0.2, 0.25) is 0 Å². The number of aliphatic hydroxyl groups is 1. The third-order valence-electron chi connectivity index (χ3n) is 9.11. The van der Waals surface area contributed by atoms with E-state index in [-0.39, 0.29) is 17.4 Å². The first-order valence-corrected chi connectivity index (χ1v) is 11.8. The van der Waals surface area contributed by atoms with E-state index in [2.05, 4.69) is 22.9 Å². The van der Waals surface area contributed by atoms with Crippen LogP contribution in [0.4, 0.5) is 0 Å². The molecule has 0 radical (unpaired) electrons. The van der Waals surface area contributed by atoms with Crippen molar-refractivity contribution in [1.82, 2.24) is 0 Å². The third-order valence-corrected chi connectivity index (χ3v) is 9.66. The van der Waals surface area contributed by atoms with Crippen LogP contribution in [-0.2, 0) is 9.53 Å².